The van der Waals surface area contributed by atoms with Crippen LogP contribution in [0.3, 0.4) is 0 Å². The summed E-state index contributed by atoms with van der Waals surface area (Å²) in [6.45, 7) is 0. The zero-order valence-electron chi connectivity index (χ0n) is 12.9. The van der Waals surface area contributed by atoms with E-state index >= 15 is 0 Å². The number of hydrogen-bond acceptors (Lipinski definition) is 7. The minimum Gasteiger partial charge on any atom is -0.268 e. The van der Waals surface area contributed by atoms with Crippen molar-refractivity contribution in [2.75, 3.05) is 4.90 Å². The number of carbonyl (C=O) groups excluding carboxylic acids is 1. The van der Waals surface area contributed by atoms with Crippen molar-refractivity contribution in [2.24, 2.45) is 0 Å². The largest absolute Gasteiger partial charge is 0.270 e. The van der Waals surface area contributed by atoms with Crippen molar-refractivity contribution in [1.82, 2.24) is 0 Å². The molecule has 1 heterocycles. The Balaban J connectivity index is 1.86. The third-order valence-electron chi connectivity index (χ3n) is 3.51. The maximum atomic E-state index is 12.6. The summed E-state index contributed by atoms with van der Waals surface area (Å²) in [5.74, 6) is -0.354. The van der Waals surface area contributed by atoms with Gasteiger partial charge in [-0.1, -0.05) is 24.0 Å². The average molecular weight is 387 g/mol. The van der Waals surface area contributed by atoms with E-state index in [0.717, 1.165) is 11.8 Å². The first-order chi connectivity index (χ1) is 12.4. The van der Waals surface area contributed by atoms with Gasteiger partial charge < -0.3 is 0 Å². The summed E-state index contributed by atoms with van der Waals surface area (Å²) in [4.78, 5) is 34.7. The van der Waals surface area contributed by atoms with E-state index in [1.165, 1.54) is 53.4 Å². The number of hydrogen-bond donors (Lipinski definition) is 0. The van der Waals surface area contributed by atoms with Crippen LogP contribution >= 0.6 is 24.0 Å². The highest BCUT2D eigenvalue weighted by Crippen LogP contribution is 2.36. The highest BCUT2D eigenvalue weighted by Gasteiger charge is 2.33. The fraction of sp³-hybridized carbons (Fsp3) is 0. The van der Waals surface area contributed by atoms with Gasteiger partial charge in [0.1, 0.15) is 0 Å². The molecular formula is C16H9N3O5S2. The van der Waals surface area contributed by atoms with Gasteiger partial charge in [0, 0.05) is 24.3 Å². The van der Waals surface area contributed by atoms with Gasteiger partial charge in [0.15, 0.2) is 4.32 Å². The van der Waals surface area contributed by atoms with Gasteiger partial charge in [-0.25, -0.2) is 0 Å². The SMILES string of the molecule is O=C1/C(=C\c2ccc([N+](=O)[O-])cc2)SC(=S)N1c1ccc([N+](=O)[O-])cc1. The van der Waals surface area contributed by atoms with E-state index in [1.54, 1.807) is 6.08 Å². The predicted octanol–water partition coefficient (Wildman–Crippen LogP) is 3.91. The van der Waals surface area contributed by atoms with Gasteiger partial charge in [0.25, 0.3) is 17.3 Å². The molecule has 0 atom stereocenters. The van der Waals surface area contributed by atoms with Gasteiger partial charge in [0.2, 0.25) is 0 Å². The molecule has 2 aromatic carbocycles. The maximum absolute atomic E-state index is 12.6. The summed E-state index contributed by atoms with van der Waals surface area (Å²) < 4.78 is 0.303. The Morgan fingerprint density at radius 1 is 0.923 bits per heavy atom. The van der Waals surface area contributed by atoms with Crippen molar-refractivity contribution < 1.29 is 14.6 Å². The second-order valence-corrected chi connectivity index (χ2v) is 6.82. The van der Waals surface area contributed by atoms with Gasteiger partial charge >= 0.3 is 0 Å². The number of rotatable bonds is 4. The minimum atomic E-state index is -0.525. The van der Waals surface area contributed by atoms with Crippen molar-refractivity contribution >= 4 is 57.3 Å². The zero-order chi connectivity index (χ0) is 18.8. The van der Waals surface area contributed by atoms with Gasteiger partial charge in [-0.15, -0.1) is 0 Å². The molecule has 0 unspecified atom stereocenters. The predicted molar refractivity (Wildman–Crippen MR) is 102 cm³/mol. The first-order valence-electron chi connectivity index (χ1n) is 7.13. The summed E-state index contributed by atoms with van der Waals surface area (Å²) in [7, 11) is 0. The molecule has 8 nitrogen and oxygen atoms in total. The maximum Gasteiger partial charge on any atom is 0.270 e. The molecule has 0 N–H and O–H groups in total. The number of amides is 1. The van der Waals surface area contributed by atoms with Crippen molar-refractivity contribution in [3.8, 4) is 0 Å². The zero-order valence-corrected chi connectivity index (χ0v) is 14.5. The van der Waals surface area contributed by atoms with E-state index in [1.807, 2.05) is 0 Å². The van der Waals surface area contributed by atoms with E-state index in [4.69, 9.17) is 12.2 Å². The summed E-state index contributed by atoms with van der Waals surface area (Å²) in [6.07, 6.45) is 1.59. The molecule has 10 heteroatoms. The van der Waals surface area contributed by atoms with Gasteiger partial charge in [-0.2, -0.15) is 0 Å². The standard InChI is InChI=1S/C16H9N3O5S2/c20-15-14(9-10-1-3-12(4-2-10)18(21)22)26-16(25)17(15)11-5-7-13(8-6-11)19(23)24/h1-9H/b14-9+. The van der Waals surface area contributed by atoms with Crippen molar-refractivity contribution in [3.63, 3.8) is 0 Å². The van der Waals surface area contributed by atoms with Gasteiger partial charge in [0.05, 0.1) is 20.4 Å². The summed E-state index contributed by atoms with van der Waals surface area (Å²) in [6, 6.07) is 11.3. The van der Waals surface area contributed by atoms with E-state index in [2.05, 4.69) is 0 Å². The Kier molecular flexibility index (Phi) is 4.78. The molecule has 26 heavy (non-hydrogen) atoms. The van der Waals surface area contributed by atoms with E-state index in [0.29, 0.717) is 20.5 Å². The second kappa shape index (κ2) is 7.02. The minimum absolute atomic E-state index is 0.0411. The molecule has 3 rings (SSSR count). The average Bonchev–Trinajstić information content (AvgIpc) is 2.89. The molecule has 0 saturated carbocycles. The number of nitro groups is 2. The lowest BCUT2D eigenvalue weighted by molar-refractivity contribution is -0.385. The monoisotopic (exact) mass is 387 g/mol. The Morgan fingerprint density at radius 3 is 1.92 bits per heavy atom. The Hall–Kier alpha value is -3.11. The Bertz CT molecular complexity index is 955. The molecule has 1 saturated heterocycles. The van der Waals surface area contributed by atoms with Crippen LogP contribution in [0, 0.1) is 20.2 Å². The lowest BCUT2D eigenvalue weighted by Gasteiger charge is -2.13. The number of thiocarbonyl (C=S) groups is 1. The fourth-order valence-electron chi connectivity index (χ4n) is 2.26. The van der Waals surface area contributed by atoms with E-state index in [-0.39, 0.29) is 17.3 Å². The smallest absolute Gasteiger partial charge is 0.268 e. The molecule has 0 aromatic heterocycles. The quantitative estimate of drug-likeness (QED) is 0.339. The first-order valence-corrected chi connectivity index (χ1v) is 8.36. The topological polar surface area (TPSA) is 107 Å². The van der Waals surface area contributed by atoms with Crippen LogP contribution in [0.1, 0.15) is 5.56 Å². The van der Waals surface area contributed by atoms with Gasteiger partial charge in [-0.05, 0) is 35.9 Å². The molecule has 2 aromatic rings. The first kappa shape index (κ1) is 17.7. The number of nitrogens with zero attached hydrogens (tertiary/aromatic N) is 3. The molecule has 1 aliphatic rings. The number of thioether (sulfide) groups is 1. The highest BCUT2D eigenvalue weighted by atomic mass is 32.2. The lowest BCUT2D eigenvalue weighted by atomic mass is 10.2. The van der Waals surface area contributed by atoms with Crippen LogP contribution in [0.15, 0.2) is 53.4 Å². The number of carbonyl (C=O) groups is 1. The molecule has 0 spiro atoms. The van der Waals surface area contributed by atoms with Crippen LogP contribution in [-0.4, -0.2) is 20.1 Å². The molecule has 1 aliphatic heterocycles. The summed E-state index contributed by atoms with van der Waals surface area (Å²) in [5.41, 5.74) is 0.936. The summed E-state index contributed by atoms with van der Waals surface area (Å²) >= 11 is 6.33. The second-order valence-electron chi connectivity index (χ2n) is 5.14. The van der Waals surface area contributed by atoms with Crippen LogP contribution in [0.5, 0.6) is 0 Å². The van der Waals surface area contributed by atoms with E-state index in [9.17, 15) is 25.0 Å². The molecule has 0 aliphatic carbocycles. The van der Waals surface area contributed by atoms with Crippen molar-refractivity contribution in [3.05, 3.63) is 79.2 Å². The fourth-order valence-corrected chi connectivity index (χ4v) is 3.56. The Labute approximate surface area is 156 Å². The Morgan fingerprint density at radius 2 is 1.42 bits per heavy atom. The number of benzene rings is 2. The number of non-ortho nitro benzene ring substituents is 2. The number of anilines is 1. The van der Waals surface area contributed by atoms with Crippen molar-refractivity contribution in [1.29, 1.82) is 0 Å². The molecule has 0 bridgehead atoms. The molecule has 1 amide bonds. The number of nitro benzene ring substituents is 2. The van der Waals surface area contributed by atoms with Gasteiger partial charge in [-0.3, -0.25) is 29.9 Å². The molecular weight excluding hydrogens is 378 g/mol. The van der Waals surface area contributed by atoms with Crippen LogP contribution < -0.4 is 4.90 Å². The normalized spacial score (nSPS) is 15.5. The lowest BCUT2D eigenvalue weighted by Crippen LogP contribution is -2.27. The van der Waals surface area contributed by atoms with Crippen LogP contribution in [0.2, 0.25) is 0 Å². The molecule has 130 valence electrons. The summed E-state index contributed by atoms with van der Waals surface area (Å²) in [5, 5.41) is 21.4. The molecule has 0 radical (unpaired) electrons. The highest BCUT2D eigenvalue weighted by molar-refractivity contribution is 8.27. The third kappa shape index (κ3) is 3.46. The van der Waals surface area contributed by atoms with Crippen LogP contribution in [0.4, 0.5) is 17.1 Å². The van der Waals surface area contributed by atoms with Crippen LogP contribution in [-0.2, 0) is 4.79 Å². The molecule has 1 fully saturated rings. The van der Waals surface area contributed by atoms with Crippen molar-refractivity contribution in [2.45, 2.75) is 0 Å². The third-order valence-corrected chi connectivity index (χ3v) is 4.82. The van der Waals surface area contributed by atoms with E-state index < -0.39 is 9.85 Å². The van der Waals surface area contributed by atoms with Crippen LogP contribution in [0.25, 0.3) is 6.08 Å².